The van der Waals surface area contributed by atoms with Crippen LogP contribution in [0.3, 0.4) is 0 Å². The largest absolute Gasteiger partial charge is 0.462 e. The van der Waals surface area contributed by atoms with E-state index < -0.39 is 147 Å². The molecule has 4 rings (SSSR count). The average Bonchev–Trinajstić information content (AvgIpc) is 3.28. The lowest BCUT2D eigenvalue weighted by Gasteiger charge is -2.47. The number of rotatable bonds is 3. The summed E-state index contributed by atoms with van der Waals surface area (Å²) in [7, 11) is 0. The van der Waals surface area contributed by atoms with Crippen LogP contribution in [0.5, 0.6) is 0 Å². The third kappa shape index (κ3) is 19.5. The first kappa shape index (κ1) is 59.1. The molecular formula is C52H81NO17. The lowest BCUT2D eigenvalue weighted by atomic mass is 9.81. The van der Waals surface area contributed by atoms with Crippen LogP contribution in [0, 0.1) is 17.8 Å². The maximum Gasteiger partial charge on any atom is 0.308 e. The van der Waals surface area contributed by atoms with Crippen LogP contribution in [0.4, 0.5) is 0 Å². The highest BCUT2D eigenvalue weighted by Crippen LogP contribution is 2.39. The molecule has 70 heavy (non-hydrogen) atoms. The Hall–Kier alpha value is -3.44. The summed E-state index contributed by atoms with van der Waals surface area (Å²) in [6, 6.07) is 0. The molecule has 11 N–H and O–H groups in total. The molecule has 0 aromatic carbocycles. The first-order valence-corrected chi connectivity index (χ1v) is 24.8. The van der Waals surface area contributed by atoms with Gasteiger partial charge in [0.2, 0.25) is 5.91 Å². The van der Waals surface area contributed by atoms with E-state index in [4.69, 9.17) is 18.9 Å². The van der Waals surface area contributed by atoms with Gasteiger partial charge in [0.15, 0.2) is 12.1 Å². The van der Waals surface area contributed by atoms with E-state index in [1.165, 1.54) is 4.90 Å². The van der Waals surface area contributed by atoms with E-state index in [1.54, 1.807) is 63.3 Å². The summed E-state index contributed by atoms with van der Waals surface area (Å²) in [6.07, 6.45) is 5.98. The fourth-order valence-corrected chi connectivity index (χ4v) is 9.15. The first-order valence-electron chi connectivity index (χ1n) is 24.8. The molecule has 3 fully saturated rings. The van der Waals surface area contributed by atoms with Crippen LogP contribution in [0.15, 0.2) is 85.1 Å². The summed E-state index contributed by atoms with van der Waals surface area (Å²) in [5.74, 6) is -5.42. The number of likely N-dealkylation sites (tertiary alicyclic amines) is 1. The van der Waals surface area contributed by atoms with Gasteiger partial charge in [0, 0.05) is 57.0 Å². The quantitative estimate of drug-likeness (QED) is 0.179. The summed E-state index contributed by atoms with van der Waals surface area (Å²) in [5.41, 5.74) is 0. The van der Waals surface area contributed by atoms with Crippen molar-refractivity contribution in [3.05, 3.63) is 85.1 Å². The number of aliphatic hydroxyl groups is 11. The van der Waals surface area contributed by atoms with Crippen LogP contribution >= 0.6 is 0 Å². The molecule has 3 saturated heterocycles. The Labute approximate surface area is 412 Å². The second kappa shape index (κ2) is 29.3. The molecule has 18 heteroatoms. The van der Waals surface area contributed by atoms with Gasteiger partial charge in [-0.15, -0.1) is 0 Å². The highest BCUT2D eigenvalue weighted by Gasteiger charge is 2.51. The van der Waals surface area contributed by atoms with Crippen molar-refractivity contribution < 1.29 is 84.7 Å². The predicted molar refractivity (Wildman–Crippen MR) is 258 cm³/mol. The lowest BCUT2D eigenvalue weighted by Crippen LogP contribution is -2.59. The average molecular weight is 992 g/mol. The molecule has 18 atom stereocenters. The highest BCUT2D eigenvalue weighted by atomic mass is 16.7. The molecule has 0 spiro atoms. The summed E-state index contributed by atoms with van der Waals surface area (Å²) in [6.45, 7) is 7.31. The molecule has 0 aromatic rings. The number of esters is 1. The molecule has 0 aromatic heterocycles. The zero-order valence-corrected chi connectivity index (χ0v) is 41.0. The van der Waals surface area contributed by atoms with Crippen LogP contribution in [-0.2, 0) is 28.5 Å². The minimum atomic E-state index is -2.26. The Morgan fingerprint density at radius 2 is 1.19 bits per heavy atom. The standard InChI is InChI=1S/C52H81NO17/c1-32-17-15-13-11-9-7-5-6-8-10-12-14-16-18-40(69-51-44(61)29-42(59)35(4)68-51)28-46-48(50(65)53-23-21-36(54)22-24-53)45(62)31-52(66,70-46)30-39(57)26-43(60)41(58)20-19-37(55)25-38(56)27-47(63)67-34(3)33(2)49(32)64/h5-18,32-46,48-49,51,54-62,64,66H,19-31H2,1-4H3/b6-5+,9-7+,10-8+,13-11+,14-12+,17-15+,18-16+/t32-,33-,34-,35-,37+,38+,39-,40-,41+,42-,43+,44-,45-,46-,48+,49+,51?,52+/m0/s1. The molecule has 0 radical (unpaired) electrons. The van der Waals surface area contributed by atoms with Gasteiger partial charge in [0.25, 0.3) is 0 Å². The molecule has 0 aliphatic carbocycles. The van der Waals surface area contributed by atoms with E-state index in [0.29, 0.717) is 12.8 Å². The normalized spacial score (nSPS) is 43.7. The zero-order valence-electron chi connectivity index (χ0n) is 41.0. The van der Waals surface area contributed by atoms with Crippen molar-refractivity contribution in [1.82, 2.24) is 4.90 Å². The molecule has 396 valence electrons. The second-order valence-corrected chi connectivity index (χ2v) is 19.6. The molecule has 1 unspecified atom stereocenters. The molecule has 0 saturated carbocycles. The van der Waals surface area contributed by atoms with Crippen molar-refractivity contribution in [1.29, 1.82) is 0 Å². The Balaban J connectivity index is 1.59. The molecular weight excluding hydrogens is 911 g/mol. The zero-order chi connectivity index (χ0) is 51.5. The summed E-state index contributed by atoms with van der Waals surface area (Å²) >= 11 is 0. The SMILES string of the molecule is C[C@@H]1[C@H](O)[C@@H](C)/C=C/C=C/C=C/C=C/C=C/C=C/C=C/[C@H](OC2O[C@@H](C)[C@@H](O)C[C@@H]2O)C[C@@H]2O[C@](O)(C[C@@H](O)C[C@@H](O)[C@H](O)CC[C@@H](O)C[C@@H](O)CC(=O)O[C@H]1C)C[C@H](O)[C@H]2C(=O)N1CCC(O)CC1. The van der Waals surface area contributed by atoms with Crippen molar-refractivity contribution in [3.8, 4) is 0 Å². The topological polar surface area (TPSA) is 297 Å². The second-order valence-electron chi connectivity index (χ2n) is 19.6. The number of ether oxygens (including phenoxy) is 4. The van der Waals surface area contributed by atoms with E-state index in [1.807, 2.05) is 49.5 Å². The van der Waals surface area contributed by atoms with Gasteiger partial charge in [0.05, 0.1) is 85.6 Å². The van der Waals surface area contributed by atoms with E-state index in [-0.39, 0.29) is 51.1 Å². The fourth-order valence-electron chi connectivity index (χ4n) is 9.15. The van der Waals surface area contributed by atoms with Gasteiger partial charge in [-0.2, -0.15) is 0 Å². The smallest absolute Gasteiger partial charge is 0.308 e. The molecule has 2 bridgehead atoms. The number of cyclic esters (lactones) is 1. The number of allylic oxidation sites excluding steroid dienone is 12. The van der Waals surface area contributed by atoms with Crippen molar-refractivity contribution in [2.75, 3.05) is 13.1 Å². The monoisotopic (exact) mass is 992 g/mol. The number of hydrogen-bond donors (Lipinski definition) is 11. The predicted octanol–water partition coefficient (Wildman–Crippen LogP) is 1.67. The van der Waals surface area contributed by atoms with E-state index in [0.717, 1.165) is 0 Å². The number of piperidine rings is 1. The van der Waals surface area contributed by atoms with Crippen molar-refractivity contribution >= 4 is 11.9 Å². The van der Waals surface area contributed by atoms with Crippen LogP contribution in [-0.4, -0.2) is 184 Å². The fraction of sp³-hybridized carbons (Fsp3) is 0.692. The van der Waals surface area contributed by atoms with Gasteiger partial charge < -0.3 is 80.0 Å². The molecule has 4 heterocycles. The maximum absolute atomic E-state index is 14.2. The van der Waals surface area contributed by atoms with Crippen LogP contribution in [0.2, 0.25) is 0 Å². The minimum Gasteiger partial charge on any atom is -0.462 e. The van der Waals surface area contributed by atoms with Crippen molar-refractivity contribution in [2.45, 2.75) is 196 Å². The van der Waals surface area contributed by atoms with Gasteiger partial charge in [-0.05, 0) is 46.0 Å². The number of nitrogens with zero attached hydrogens (tertiary/aromatic N) is 1. The number of carbonyl (C=O) groups excluding carboxylic acids is 2. The molecule has 1 amide bonds. The Bertz CT molecular complexity index is 1790. The van der Waals surface area contributed by atoms with Crippen molar-refractivity contribution in [2.24, 2.45) is 17.8 Å². The van der Waals surface area contributed by atoms with Gasteiger partial charge in [-0.3, -0.25) is 9.59 Å². The van der Waals surface area contributed by atoms with Gasteiger partial charge in [0.1, 0.15) is 12.2 Å². The summed E-state index contributed by atoms with van der Waals surface area (Å²) in [4.78, 5) is 28.4. The van der Waals surface area contributed by atoms with E-state index in [9.17, 15) is 65.8 Å². The number of fused-ring (bicyclic) bond motifs is 2. The summed E-state index contributed by atoms with van der Waals surface area (Å²) in [5, 5.41) is 120. The number of amides is 1. The van der Waals surface area contributed by atoms with E-state index >= 15 is 0 Å². The number of hydrogen-bond acceptors (Lipinski definition) is 17. The minimum absolute atomic E-state index is 0.0351. The third-order valence-corrected chi connectivity index (χ3v) is 13.6. The summed E-state index contributed by atoms with van der Waals surface area (Å²) < 4.78 is 23.9. The Morgan fingerprint density at radius 1 is 0.600 bits per heavy atom. The highest BCUT2D eigenvalue weighted by molar-refractivity contribution is 5.80. The molecule has 4 aliphatic heterocycles. The number of aliphatic hydroxyl groups excluding tert-OH is 10. The third-order valence-electron chi connectivity index (χ3n) is 13.6. The first-order chi connectivity index (χ1) is 33.2. The van der Waals surface area contributed by atoms with Gasteiger partial charge in [-0.1, -0.05) is 98.9 Å². The molecule has 18 nitrogen and oxygen atoms in total. The Kier molecular flexibility index (Phi) is 24.8. The van der Waals surface area contributed by atoms with E-state index in [2.05, 4.69) is 0 Å². The maximum atomic E-state index is 14.2. The lowest BCUT2D eigenvalue weighted by molar-refractivity contribution is -0.307. The number of carbonyl (C=O) groups is 2. The van der Waals surface area contributed by atoms with Gasteiger partial charge in [-0.25, -0.2) is 0 Å². The Morgan fingerprint density at radius 3 is 1.80 bits per heavy atom. The van der Waals surface area contributed by atoms with Crippen LogP contribution in [0.1, 0.15) is 98.3 Å². The van der Waals surface area contributed by atoms with Gasteiger partial charge >= 0.3 is 5.97 Å². The van der Waals surface area contributed by atoms with Crippen molar-refractivity contribution in [3.63, 3.8) is 0 Å². The van der Waals surface area contributed by atoms with Crippen LogP contribution in [0.25, 0.3) is 0 Å². The van der Waals surface area contributed by atoms with Crippen LogP contribution < -0.4 is 0 Å². The molecule has 4 aliphatic rings.